The molecule has 2 N–H and O–H groups in total. The first-order chi connectivity index (χ1) is 8.24. The molecule has 0 radical (unpaired) electrons. The molecule has 1 rings (SSSR count). The number of hydrogen-bond donors (Lipinski definition) is 2. The van der Waals surface area contributed by atoms with Gasteiger partial charge in [0, 0.05) is 6.61 Å². The maximum Gasteiger partial charge on any atom is 0.488 e. The Morgan fingerprint density at radius 2 is 1.65 bits per heavy atom. The highest BCUT2D eigenvalue weighted by Gasteiger charge is 2.09. The van der Waals surface area contributed by atoms with Crippen molar-refractivity contribution in [2.24, 2.45) is 0 Å². The Balaban J connectivity index is 2.19. The van der Waals surface area contributed by atoms with E-state index in [4.69, 9.17) is 19.5 Å². The molecule has 0 aliphatic heterocycles. The van der Waals surface area contributed by atoms with Gasteiger partial charge in [0.2, 0.25) is 0 Å². The zero-order valence-corrected chi connectivity index (χ0v) is 10.1. The summed E-state index contributed by atoms with van der Waals surface area (Å²) in [7, 11) is -1.41. The number of ether oxygens (including phenoxy) is 2. The third kappa shape index (κ3) is 5.84. The largest absolute Gasteiger partial charge is 0.488 e. The van der Waals surface area contributed by atoms with Gasteiger partial charge in [0.15, 0.2) is 0 Å². The molecule has 0 aliphatic carbocycles. The molecule has 1 aromatic carbocycles. The average molecular weight is 238 g/mol. The first kappa shape index (κ1) is 14.2. The minimum atomic E-state index is -1.41. The summed E-state index contributed by atoms with van der Waals surface area (Å²) in [6, 6.07) is 7.00. The van der Waals surface area contributed by atoms with Crippen molar-refractivity contribution < 1.29 is 19.5 Å². The summed E-state index contributed by atoms with van der Waals surface area (Å²) in [6.07, 6.45) is 1.02. The van der Waals surface area contributed by atoms with Crippen LogP contribution in [0.4, 0.5) is 0 Å². The Morgan fingerprint density at radius 3 is 2.24 bits per heavy atom. The summed E-state index contributed by atoms with van der Waals surface area (Å²) in [5.41, 5.74) is 1.49. The van der Waals surface area contributed by atoms with Gasteiger partial charge in [-0.05, 0) is 17.4 Å². The first-order valence-corrected chi connectivity index (χ1v) is 5.84. The molecule has 0 aliphatic rings. The highest BCUT2D eigenvalue weighted by molar-refractivity contribution is 6.58. The molecule has 94 valence electrons. The summed E-state index contributed by atoms with van der Waals surface area (Å²) in [5.74, 6) is 0. The van der Waals surface area contributed by atoms with E-state index in [9.17, 15) is 0 Å². The van der Waals surface area contributed by atoms with Crippen LogP contribution < -0.4 is 5.46 Å². The molecule has 0 heterocycles. The molecule has 4 nitrogen and oxygen atoms in total. The van der Waals surface area contributed by atoms with Crippen LogP contribution in [0.3, 0.4) is 0 Å². The van der Waals surface area contributed by atoms with Crippen LogP contribution >= 0.6 is 0 Å². The minimum absolute atomic E-state index is 0.486. The molecule has 0 unspecified atom stereocenters. The van der Waals surface area contributed by atoms with E-state index < -0.39 is 7.12 Å². The molecule has 0 bridgehead atoms. The lowest BCUT2D eigenvalue weighted by Gasteiger charge is -2.06. The van der Waals surface area contributed by atoms with Gasteiger partial charge in [-0.15, -0.1) is 0 Å². The fourth-order valence-electron chi connectivity index (χ4n) is 1.34. The van der Waals surface area contributed by atoms with Crippen LogP contribution in [-0.4, -0.2) is 37.0 Å². The molecule has 0 amide bonds. The van der Waals surface area contributed by atoms with E-state index in [1.165, 1.54) is 0 Å². The van der Waals surface area contributed by atoms with Crippen molar-refractivity contribution in [3.63, 3.8) is 0 Å². The number of benzene rings is 1. The van der Waals surface area contributed by atoms with E-state index in [0.717, 1.165) is 18.6 Å². The Bertz CT molecular complexity index is 300. The second kappa shape index (κ2) is 8.25. The van der Waals surface area contributed by atoms with Gasteiger partial charge >= 0.3 is 7.12 Å². The van der Waals surface area contributed by atoms with Crippen molar-refractivity contribution in [1.82, 2.24) is 0 Å². The maximum atomic E-state index is 8.92. The van der Waals surface area contributed by atoms with Gasteiger partial charge in [0.25, 0.3) is 0 Å². The summed E-state index contributed by atoms with van der Waals surface area (Å²) < 4.78 is 10.7. The monoisotopic (exact) mass is 238 g/mol. The fraction of sp³-hybridized carbons (Fsp3) is 0.500. The minimum Gasteiger partial charge on any atom is -0.423 e. The zero-order chi connectivity index (χ0) is 12.5. The van der Waals surface area contributed by atoms with E-state index in [1.807, 2.05) is 12.1 Å². The number of hydrogen-bond acceptors (Lipinski definition) is 4. The quantitative estimate of drug-likeness (QED) is 0.505. The molecule has 0 saturated carbocycles. The molecular formula is C12H19BO4. The molecule has 0 aromatic heterocycles. The topological polar surface area (TPSA) is 58.9 Å². The lowest BCUT2D eigenvalue weighted by atomic mass is 9.80. The van der Waals surface area contributed by atoms with Gasteiger partial charge in [0.1, 0.15) is 0 Å². The van der Waals surface area contributed by atoms with Crippen molar-refractivity contribution in [2.75, 3.05) is 19.8 Å². The number of rotatable bonds is 8. The van der Waals surface area contributed by atoms with Crippen molar-refractivity contribution in [2.45, 2.75) is 20.0 Å². The molecule has 5 heteroatoms. The molecule has 0 spiro atoms. The predicted octanol–water partition coefficient (Wildman–Crippen LogP) is 0.310. The van der Waals surface area contributed by atoms with Gasteiger partial charge in [0.05, 0.1) is 19.8 Å². The fourth-order valence-corrected chi connectivity index (χ4v) is 1.34. The normalized spacial score (nSPS) is 10.5. The van der Waals surface area contributed by atoms with Crippen molar-refractivity contribution >= 4 is 12.6 Å². The van der Waals surface area contributed by atoms with Gasteiger partial charge in [-0.2, -0.15) is 0 Å². The van der Waals surface area contributed by atoms with Crippen LogP contribution in [0.25, 0.3) is 0 Å². The summed E-state index contributed by atoms with van der Waals surface area (Å²) in [6.45, 7) is 4.54. The first-order valence-electron chi connectivity index (χ1n) is 5.84. The van der Waals surface area contributed by atoms with Gasteiger partial charge in [-0.3, -0.25) is 0 Å². The van der Waals surface area contributed by atoms with E-state index in [1.54, 1.807) is 12.1 Å². The summed E-state index contributed by atoms with van der Waals surface area (Å²) in [4.78, 5) is 0. The van der Waals surface area contributed by atoms with Crippen molar-refractivity contribution in [3.8, 4) is 0 Å². The van der Waals surface area contributed by atoms with E-state index in [-0.39, 0.29) is 0 Å². The van der Waals surface area contributed by atoms with E-state index >= 15 is 0 Å². The van der Waals surface area contributed by atoms with Crippen LogP contribution in [0, 0.1) is 0 Å². The Morgan fingerprint density at radius 1 is 1.00 bits per heavy atom. The highest BCUT2D eigenvalue weighted by Crippen LogP contribution is 1.99. The van der Waals surface area contributed by atoms with Crippen molar-refractivity contribution in [3.05, 3.63) is 29.8 Å². The lowest BCUT2D eigenvalue weighted by molar-refractivity contribution is 0.0408. The molecule has 0 atom stereocenters. The smallest absolute Gasteiger partial charge is 0.423 e. The van der Waals surface area contributed by atoms with Crippen LogP contribution in [0.1, 0.15) is 18.9 Å². The summed E-state index contributed by atoms with van der Waals surface area (Å²) >= 11 is 0. The third-order valence-electron chi connectivity index (χ3n) is 2.27. The molecule has 1 aromatic rings. The second-order valence-corrected chi connectivity index (χ2v) is 3.78. The zero-order valence-electron chi connectivity index (χ0n) is 10.1. The molecule has 0 fully saturated rings. The van der Waals surface area contributed by atoms with Crippen LogP contribution in [0.5, 0.6) is 0 Å². The average Bonchev–Trinajstić information content (AvgIpc) is 2.34. The van der Waals surface area contributed by atoms with E-state index in [2.05, 4.69) is 6.92 Å². The van der Waals surface area contributed by atoms with Crippen LogP contribution in [0.15, 0.2) is 24.3 Å². The Hall–Kier alpha value is -0.875. The van der Waals surface area contributed by atoms with Gasteiger partial charge < -0.3 is 19.5 Å². The SMILES string of the molecule is CCCOCCOCc1ccc(B(O)O)cc1. The standard InChI is InChI=1S/C12H19BO4/c1-2-7-16-8-9-17-10-11-3-5-12(6-4-11)13(14)15/h3-6,14-15H,2,7-10H2,1H3. The van der Waals surface area contributed by atoms with Crippen LogP contribution in [-0.2, 0) is 16.1 Å². The Labute approximate surface area is 102 Å². The van der Waals surface area contributed by atoms with Crippen molar-refractivity contribution in [1.29, 1.82) is 0 Å². The maximum absolute atomic E-state index is 8.92. The van der Waals surface area contributed by atoms with Gasteiger partial charge in [-0.25, -0.2) is 0 Å². The summed E-state index contributed by atoms with van der Waals surface area (Å²) in [5, 5.41) is 17.8. The third-order valence-corrected chi connectivity index (χ3v) is 2.27. The van der Waals surface area contributed by atoms with Gasteiger partial charge in [-0.1, -0.05) is 31.2 Å². The lowest BCUT2D eigenvalue weighted by Crippen LogP contribution is -2.29. The molecule has 17 heavy (non-hydrogen) atoms. The molecular weight excluding hydrogens is 219 g/mol. The predicted molar refractivity (Wildman–Crippen MR) is 67.0 cm³/mol. The Kier molecular flexibility index (Phi) is 6.89. The molecule has 0 saturated heterocycles. The second-order valence-electron chi connectivity index (χ2n) is 3.78. The van der Waals surface area contributed by atoms with Crippen LogP contribution in [0.2, 0.25) is 0 Å². The highest BCUT2D eigenvalue weighted by atomic mass is 16.5. The van der Waals surface area contributed by atoms with E-state index in [0.29, 0.717) is 25.3 Å².